The summed E-state index contributed by atoms with van der Waals surface area (Å²) in [4.78, 5) is 1.48. The fourth-order valence-corrected chi connectivity index (χ4v) is 3.26. The zero-order chi connectivity index (χ0) is 8.23. The molecule has 0 radical (unpaired) electrons. The summed E-state index contributed by atoms with van der Waals surface area (Å²) < 4.78 is 5.42. The summed E-state index contributed by atoms with van der Waals surface area (Å²) in [6, 6.07) is 0. The molecule has 2 heterocycles. The van der Waals surface area contributed by atoms with Gasteiger partial charge in [-0.25, -0.2) is 0 Å². The Kier molecular flexibility index (Phi) is 3.20. The maximum absolute atomic E-state index is 5.42. The van der Waals surface area contributed by atoms with Gasteiger partial charge in [0.05, 0.1) is 13.2 Å². The van der Waals surface area contributed by atoms with Gasteiger partial charge in [0.15, 0.2) is 0 Å². The van der Waals surface area contributed by atoms with Crippen LogP contribution in [0, 0.1) is 5.92 Å². The van der Waals surface area contributed by atoms with Crippen LogP contribution in [0.1, 0.15) is 0 Å². The van der Waals surface area contributed by atoms with Crippen molar-refractivity contribution in [3.63, 3.8) is 0 Å². The molecule has 1 atom stereocenters. The number of rotatable bonds is 0. The van der Waals surface area contributed by atoms with E-state index in [1.165, 1.54) is 10.7 Å². The first-order valence-electron chi connectivity index (χ1n) is 4.16. The zero-order valence-electron chi connectivity index (χ0n) is 6.86. The second-order valence-electron chi connectivity index (χ2n) is 2.81. The van der Waals surface area contributed by atoms with Gasteiger partial charge in [0.1, 0.15) is 0 Å². The molecule has 2 aliphatic heterocycles. The number of fused-ring (bicyclic) bond motifs is 1. The third-order valence-corrected chi connectivity index (χ3v) is 4.04. The number of hydrogen-bond acceptors (Lipinski definition) is 3. The van der Waals surface area contributed by atoms with Crippen LogP contribution >= 0.6 is 23.5 Å². The summed E-state index contributed by atoms with van der Waals surface area (Å²) in [6.45, 7) is 1.69. The van der Waals surface area contributed by atoms with E-state index in [2.05, 4.69) is 17.6 Å². The van der Waals surface area contributed by atoms with Crippen LogP contribution in [0.15, 0.2) is 22.5 Å². The number of hydrogen-bond donors (Lipinski definition) is 0. The van der Waals surface area contributed by atoms with Crippen LogP contribution in [0.5, 0.6) is 0 Å². The Morgan fingerprint density at radius 1 is 1.50 bits per heavy atom. The second-order valence-corrected chi connectivity index (χ2v) is 4.94. The van der Waals surface area contributed by atoms with E-state index >= 15 is 0 Å². The molecule has 0 aromatic rings. The molecule has 0 fully saturated rings. The zero-order valence-corrected chi connectivity index (χ0v) is 8.50. The lowest BCUT2D eigenvalue weighted by atomic mass is 10.1. The average Bonchev–Trinajstić information content (AvgIpc) is 2.50. The van der Waals surface area contributed by atoms with Crippen molar-refractivity contribution in [3.05, 3.63) is 22.5 Å². The van der Waals surface area contributed by atoms with Crippen LogP contribution in [0.2, 0.25) is 0 Å². The molecule has 0 amide bonds. The van der Waals surface area contributed by atoms with E-state index in [9.17, 15) is 0 Å². The molecule has 1 nitrogen and oxygen atoms in total. The molecule has 0 saturated carbocycles. The van der Waals surface area contributed by atoms with Crippen molar-refractivity contribution in [1.29, 1.82) is 0 Å². The fraction of sp³-hybridized carbons (Fsp3) is 0.556. The van der Waals surface area contributed by atoms with Gasteiger partial charge in [-0.15, -0.1) is 11.8 Å². The monoisotopic (exact) mass is 200 g/mol. The standard InChI is InChI=1S/C9H12OS2/c1-3-10-4-6-11-7-8-2-5-12-9(1)8/h1-2,5,8H,3-4,6-7H2/b9-1+. The van der Waals surface area contributed by atoms with Crippen molar-refractivity contribution in [1.82, 2.24) is 0 Å². The maximum atomic E-state index is 5.42. The molecule has 12 heavy (non-hydrogen) atoms. The van der Waals surface area contributed by atoms with Crippen LogP contribution in [0.4, 0.5) is 0 Å². The Morgan fingerprint density at radius 2 is 2.50 bits per heavy atom. The van der Waals surface area contributed by atoms with E-state index in [1.807, 2.05) is 23.5 Å². The van der Waals surface area contributed by atoms with Crippen LogP contribution in [0.3, 0.4) is 0 Å². The molecule has 0 aromatic carbocycles. The Balaban J connectivity index is 2.02. The minimum absolute atomic E-state index is 0.668. The number of allylic oxidation sites excluding steroid dienone is 2. The van der Waals surface area contributed by atoms with Gasteiger partial charge in [-0.05, 0) is 16.4 Å². The highest BCUT2D eigenvalue weighted by atomic mass is 32.2. The minimum atomic E-state index is 0.668. The Hall–Kier alpha value is 0.140. The van der Waals surface area contributed by atoms with Gasteiger partial charge < -0.3 is 4.74 Å². The van der Waals surface area contributed by atoms with Gasteiger partial charge >= 0.3 is 0 Å². The summed E-state index contributed by atoms with van der Waals surface area (Å²) in [6.07, 6.45) is 4.52. The maximum Gasteiger partial charge on any atom is 0.0658 e. The largest absolute Gasteiger partial charge is 0.377 e. The molecule has 0 aliphatic carbocycles. The molecule has 0 aromatic heterocycles. The van der Waals surface area contributed by atoms with Crippen molar-refractivity contribution in [2.75, 3.05) is 24.7 Å². The first-order chi connectivity index (χ1) is 5.97. The summed E-state index contributed by atoms with van der Waals surface area (Å²) in [7, 11) is 0. The molecule has 66 valence electrons. The molecule has 1 unspecified atom stereocenters. The molecule has 0 saturated heterocycles. The molecule has 2 rings (SSSR count). The SMILES string of the molecule is C1=CC2CSCCOC/C=C\2S1. The Morgan fingerprint density at radius 3 is 3.50 bits per heavy atom. The third-order valence-electron chi connectivity index (χ3n) is 1.95. The van der Waals surface area contributed by atoms with Crippen LogP contribution < -0.4 is 0 Å². The smallest absolute Gasteiger partial charge is 0.0658 e. The van der Waals surface area contributed by atoms with E-state index in [4.69, 9.17) is 4.74 Å². The van der Waals surface area contributed by atoms with Gasteiger partial charge in [0, 0.05) is 17.4 Å². The van der Waals surface area contributed by atoms with Crippen molar-refractivity contribution >= 4 is 23.5 Å². The van der Waals surface area contributed by atoms with Crippen molar-refractivity contribution in [3.8, 4) is 0 Å². The first kappa shape index (κ1) is 8.73. The van der Waals surface area contributed by atoms with Gasteiger partial charge in [0.25, 0.3) is 0 Å². The Labute approximate surface area is 81.6 Å². The van der Waals surface area contributed by atoms with Crippen molar-refractivity contribution < 1.29 is 4.74 Å². The summed E-state index contributed by atoms with van der Waals surface area (Å²) in [5, 5.41) is 2.19. The first-order valence-corrected chi connectivity index (χ1v) is 6.19. The van der Waals surface area contributed by atoms with E-state index in [-0.39, 0.29) is 0 Å². The predicted molar refractivity (Wildman–Crippen MR) is 56.4 cm³/mol. The molecular weight excluding hydrogens is 188 g/mol. The number of ether oxygens (including phenoxy) is 1. The minimum Gasteiger partial charge on any atom is -0.377 e. The van der Waals surface area contributed by atoms with E-state index in [1.54, 1.807) is 0 Å². The highest BCUT2D eigenvalue weighted by Crippen LogP contribution is 2.35. The van der Waals surface area contributed by atoms with E-state index in [0.717, 1.165) is 19.0 Å². The molecule has 2 aliphatic rings. The lowest BCUT2D eigenvalue weighted by Gasteiger charge is -2.07. The molecule has 0 N–H and O–H groups in total. The molecular formula is C9H12OS2. The molecule has 3 heteroatoms. The van der Waals surface area contributed by atoms with Crippen LogP contribution in [0.25, 0.3) is 0 Å². The summed E-state index contributed by atoms with van der Waals surface area (Å²) in [5.74, 6) is 3.02. The van der Waals surface area contributed by atoms with Crippen molar-refractivity contribution in [2.24, 2.45) is 5.92 Å². The van der Waals surface area contributed by atoms with Gasteiger partial charge in [0.2, 0.25) is 0 Å². The fourth-order valence-electron chi connectivity index (χ4n) is 1.28. The summed E-state index contributed by atoms with van der Waals surface area (Å²) in [5.41, 5.74) is 0. The van der Waals surface area contributed by atoms with E-state index in [0.29, 0.717) is 5.92 Å². The average molecular weight is 200 g/mol. The van der Waals surface area contributed by atoms with Crippen LogP contribution in [-0.4, -0.2) is 24.7 Å². The summed E-state index contributed by atoms with van der Waals surface area (Å²) >= 11 is 3.83. The van der Waals surface area contributed by atoms with Crippen LogP contribution in [-0.2, 0) is 4.74 Å². The number of thioether (sulfide) groups is 2. The topological polar surface area (TPSA) is 9.23 Å². The second kappa shape index (κ2) is 4.40. The van der Waals surface area contributed by atoms with E-state index < -0.39 is 0 Å². The molecule has 0 spiro atoms. The predicted octanol–water partition coefficient (Wildman–Crippen LogP) is 2.51. The third kappa shape index (κ3) is 2.09. The highest BCUT2D eigenvalue weighted by molar-refractivity contribution is 8.06. The lowest BCUT2D eigenvalue weighted by Crippen LogP contribution is -1.98. The quantitative estimate of drug-likeness (QED) is 0.594. The van der Waals surface area contributed by atoms with Gasteiger partial charge in [-0.2, -0.15) is 11.8 Å². The van der Waals surface area contributed by atoms with Crippen molar-refractivity contribution in [2.45, 2.75) is 0 Å². The van der Waals surface area contributed by atoms with Gasteiger partial charge in [-0.3, -0.25) is 0 Å². The van der Waals surface area contributed by atoms with Gasteiger partial charge in [-0.1, -0.05) is 6.08 Å². The lowest BCUT2D eigenvalue weighted by molar-refractivity contribution is 0.180. The molecule has 0 bridgehead atoms. The Bertz CT molecular complexity index is 211. The normalized spacial score (nSPS) is 34.3. The highest BCUT2D eigenvalue weighted by Gasteiger charge is 2.16.